The van der Waals surface area contributed by atoms with Crippen LogP contribution in [0.3, 0.4) is 0 Å². The quantitative estimate of drug-likeness (QED) is 0.789. The van der Waals surface area contributed by atoms with Crippen LogP contribution in [0.1, 0.15) is 5.56 Å². The molecule has 0 aliphatic carbocycles. The molecule has 2 aromatic carbocycles. The second-order valence-electron chi connectivity index (χ2n) is 6.57. The number of rotatable bonds is 4. The number of nitrogens with zero attached hydrogens (tertiary/aromatic N) is 3. The summed E-state index contributed by atoms with van der Waals surface area (Å²) in [6.45, 7) is 4.65. The van der Waals surface area contributed by atoms with Crippen LogP contribution in [0.4, 0.5) is 5.69 Å². The number of hydrogen-bond acceptors (Lipinski definition) is 4. The van der Waals surface area contributed by atoms with Gasteiger partial charge in [0.2, 0.25) is 0 Å². The lowest BCUT2D eigenvalue weighted by atomic mass is 10.1. The zero-order valence-corrected chi connectivity index (χ0v) is 14.6. The highest BCUT2D eigenvalue weighted by Gasteiger charge is 2.19. The Bertz CT molecular complexity index is 900. The summed E-state index contributed by atoms with van der Waals surface area (Å²) in [4.78, 5) is 16.6. The zero-order valence-electron chi connectivity index (χ0n) is 14.6. The Hall–Kier alpha value is -2.92. The van der Waals surface area contributed by atoms with E-state index in [1.54, 1.807) is 6.07 Å². The van der Waals surface area contributed by atoms with E-state index in [1.165, 1.54) is 5.69 Å². The Kier molecular flexibility index (Phi) is 4.80. The van der Waals surface area contributed by atoms with E-state index in [0.29, 0.717) is 0 Å². The van der Waals surface area contributed by atoms with Gasteiger partial charge >= 0.3 is 0 Å². The maximum absolute atomic E-state index is 11.8. The molecule has 0 unspecified atom stereocenters. The normalized spacial score (nSPS) is 15.2. The smallest absolute Gasteiger partial charge is 0.264 e. The van der Waals surface area contributed by atoms with Crippen molar-refractivity contribution in [1.29, 1.82) is 0 Å². The summed E-state index contributed by atoms with van der Waals surface area (Å²) in [6.07, 6.45) is 0. The number of nitrogens with one attached hydrogen (secondary N) is 1. The Morgan fingerprint density at radius 2 is 1.54 bits per heavy atom. The van der Waals surface area contributed by atoms with Crippen molar-refractivity contribution in [3.8, 4) is 11.3 Å². The van der Waals surface area contributed by atoms with Crippen molar-refractivity contribution in [3.63, 3.8) is 0 Å². The lowest BCUT2D eigenvalue weighted by Crippen LogP contribution is -2.46. The van der Waals surface area contributed by atoms with Gasteiger partial charge in [-0.1, -0.05) is 48.5 Å². The van der Waals surface area contributed by atoms with Crippen LogP contribution in [0.2, 0.25) is 0 Å². The fourth-order valence-corrected chi connectivity index (χ4v) is 3.45. The number of benzene rings is 2. The monoisotopic (exact) mass is 346 g/mol. The van der Waals surface area contributed by atoms with Gasteiger partial charge in [-0.3, -0.25) is 9.69 Å². The summed E-state index contributed by atoms with van der Waals surface area (Å²) >= 11 is 0. The number of aromatic amines is 1. The van der Waals surface area contributed by atoms with E-state index in [4.69, 9.17) is 0 Å². The Morgan fingerprint density at radius 3 is 2.23 bits per heavy atom. The van der Waals surface area contributed by atoms with Crippen molar-refractivity contribution in [2.75, 3.05) is 31.1 Å². The van der Waals surface area contributed by atoms with E-state index < -0.39 is 0 Å². The average molecular weight is 346 g/mol. The standard InChI is InChI=1S/C21H22N4O/c26-20-15-18(21(23-22-20)17-7-3-1-4-8-17)16-24-11-13-25(14-12-24)19-9-5-2-6-10-19/h1-10,15H,11-14,16H2,(H,22,26). The van der Waals surface area contributed by atoms with Gasteiger partial charge in [-0.2, -0.15) is 5.10 Å². The molecule has 0 saturated carbocycles. The molecule has 1 aromatic heterocycles. The summed E-state index contributed by atoms with van der Waals surface area (Å²) in [5.74, 6) is 0. The van der Waals surface area contributed by atoms with E-state index in [9.17, 15) is 4.79 Å². The number of hydrogen-bond donors (Lipinski definition) is 1. The van der Waals surface area contributed by atoms with E-state index in [1.807, 2.05) is 36.4 Å². The van der Waals surface area contributed by atoms with Crippen molar-refractivity contribution in [2.45, 2.75) is 6.54 Å². The molecule has 1 saturated heterocycles. The molecule has 4 rings (SSSR count). The lowest BCUT2D eigenvalue weighted by molar-refractivity contribution is 0.250. The molecule has 1 aliphatic rings. The summed E-state index contributed by atoms with van der Waals surface area (Å²) in [5.41, 5.74) is 3.99. The highest BCUT2D eigenvalue weighted by Crippen LogP contribution is 2.22. The maximum Gasteiger partial charge on any atom is 0.264 e. The van der Waals surface area contributed by atoms with Gasteiger partial charge in [0.25, 0.3) is 5.56 Å². The van der Waals surface area contributed by atoms with Crippen molar-refractivity contribution < 1.29 is 0 Å². The third kappa shape index (κ3) is 3.68. The molecule has 26 heavy (non-hydrogen) atoms. The molecule has 5 heteroatoms. The lowest BCUT2D eigenvalue weighted by Gasteiger charge is -2.36. The first kappa shape index (κ1) is 16.5. The van der Waals surface area contributed by atoms with E-state index in [0.717, 1.165) is 49.5 Å². The molecule has 0 amide bonds. The molecular formula is C21H22N4O. The molecular weight excluding hydrogens is 324 g/mol. The summed E-state index contributed by atoms with van der Waals surface area (Å²) in [6, 6.07) is 22.2. The number of anilines is 1. The number of piperazine rings is 1. The molecule has 5 nitrogen and oxygen atoms in total. The van der Waals surface area contributed by atoms with Crippen LogP contribution in [-0.4, -0.2) is 41.3 Å². The van der Waals surface area contributed by atoms with Gasteiger partial charge in [0, 0.05) is 50.0 Å². The summed E-state index contributed by atoms with van der Waals surface area (Å²) < 4.78 is 0. The van der Waals surface area contributed by atoms with Gasteiger partial charge in [-0.15, -0.1) is 0 Å². The molecule has 0 radical (unpaired) electrons. The van der Waals surface area contributed by atoms with E-state index >= 15 is 0 Å². The van der Waals surface area contributed by atoms with Crippen LogP contribution in [0, 0.1) is 0 Å². The van der Waals surface area contributed by atoms with Crippen LogP contribution in [0.15, 0.2) is 71.5 Å². The van der Waals surface area contributed by atoms with Crippen molar-refractivity contribution in [2.24, 2.45) is 0 Å². The summed E-state index contributed by atoms with van der Waals surface area (Å²) in [5, 5.41) is 6.87. The van der Waals surface area contributed by atoms with Crippen LogP contribution in [-0.2, 0) is 6.54 Å². The fraction of sp³-hybridized carbons (Fsp3) is 0.238. The van der Waals surface area contributed by atoms with E-state index in [-0.39, 0.29) is 5.56 Å². The van der Waals surface area contributed by atoms with Gasteiger partial charge in [0.1, 0.15) is 0 Å². The van der Waals surface area contributed by atoms with E-state index in [2.05, 4.69) is 44.3 Å². The van der Waals surface area contributed by atoms with Crippen molar-refractivity contribution in [3.05, 3.63) is 82.6 Å². The first-order valence-corrected chi connectivity index (χ1v) is 8.96. The van der Waals surface area contributed by atoms with Crippen LogP contribution in [0.25, 0.3) is 11.3 Å². The molecule has 1 N–H and O–H groups in total. The van der Waals surface area contributed by atoms with Crippen molar-refractivity contribution >= 4 is 5.69 Å². The maximum atomic E-state index is 11.8. The topological polar surface area (TPSA) is 52.2 Å². The average Bonchev–Trinajstić information content (AvgIpc) is 2.70. The van der Waals surface area contributed by atoms with Crippen LogP contribution >= 0.6 is 0 Å². The molecule has 0 bridgehead atoms. The molecule has 0 spiro atoms. The molecule has 1 aliphatic heterocycles. The van der Waals surface area contributed by atoms with Gasteiger partial charge in [0.05, 0.1) is 5.69 Å². The van der Waals surface area contributed by atoms with Crippen LogP contribution in [0.5, 0.6) is 0 Å². The minimum absolute atomic E-state index is 0.150. The first-order chi connectivity index (χ1) is 12.8. The highest BCUT2D eigenvalue weighted by atomic mass is 16.1. The molecule has 0 atom stereocenters. The van der Waals surface area contributed by atoms with Crippen LogP contribution < -0.4 is 10.5 Å². The predicted octanol–water partition coefficient (Wildman–Crippen LogP) is 2.76. The highest BCUT2D eigenvalue weighted by molar-refractivity contribution is 5.62. The number of H-pyrrole nitrogens is 1. The fourth-order valence-electron chi connectivity index (χ4n) is 3.45. The summed E-state index contributed by atoms with van der Waals surface area (Å²) in [7, 11) is 0. The minimum atomic E-state index is -0.150. The number of para-hydroxylation sites is 1. The Labute approximate surface area is 152 Å². The largest absolute Gasteiger partial charge is 0.369 e. The zero-order chi connectivity index (χ0) is 17.8. The van der Waals surface area contributed by atoms with Gasteiger partial charge in [0.15, 0.2) is 0 Å². The first-order valence-electron chi connectivity index (χ1n) is 8.96. The minimum Gasteiger partial charge on any atom is -0.369 e. The molecule has 3 aromatic rings. The Balaban J connectivity index is 1.49. The molecule has 1 fully saturated rings. The molecule has 132 valence electrons. The van der Waals surface area contributed by atoms with Gasteiger partial charge in [-0.25, -0.2) is 5.10 Å². The Morgan fingerprint density at radius 1 is 0.885 bits per heavy atom. The predicted molar refractivity (Wildman–Crippen MR) is 104 cm³/mol. The number of aromatic nitrogens is 2. The molecule has 2 heterocycles. The SMILES string of the molecule is O=c1cc(CN2CCN(c3ccccc3)CC2)c(-c2ccccc2)n[nH]1. The van der Waals surface area contributed by atoms with Crippen molar-refractivity contribution in [1.82, 2.24) is 15.1 Å². The second-order valence-corrected chi connectivity index (χ2v) is 6.57. The second kappa shape index (κ2) is 7.54. The third-order valence-electron chi connectivity index (χ3n) is 4.82. The van der Waals surface area contributed by atoms with Gasteiger partial charge in [-0.05, 0) is 17.7 Å². The van der Waals surface area contributed by atoms with Gasteiger partial charge < -0.3 is 4.90 Å². The third-order valence-corrected chi connectivity index (χ3v) is 4.82.